The molecule has 2 saturated carbocycles. The minimum Gasteiger partial charge on any atom is -0.465 e. The van der Waals surface area contributed by atoms with Gasteiger partial charge in [0.05, 0.1) is 18.6 Å². The maximum Gasteiger partial charge on any atom is 0.411 e. The van der Waals surface area contributed by atoms with Gasteiger partial charge >= 0.3 is 12.1 Å². The highest BCUT2D eigenvalue weighted by atomic mass is 16.5. The van der Waals surface area contributed by atoms with E-state index >= 15 is 0 Å². The molecule has 0 saturated heterocycles. The van der Waals surface area contributed by atoms with Gasteiger partial charge < -0.3 is 14.0 Å². The zero-order valence-corrected chi connectivity index (χ0v) is 22.3. The standard InChI is InChI=1S/C31H36N2O5/c1-3-36-29(34)31(18-19-31)26-15-13-24(14-16-26)23-9-11-25(12-10-23)28-27(21(2)33-38-28)32-30(35)37-20-17-22-7-5-4-6-8-22/h9-16,22H,3-8,17-20H2,1-2H3,(H,32,35). The number of benzene rings is 2. The summed E-state index contributed by atoms with van der Waals surface area (Å²) in [6.07, 6.45) is 8.43. The Morgan fingerprint density at radius 1 is 0.947 bits per heavy atom. The first-order valence-electron chi connectivity index (χ1n) is 13.8. The lowest BCUT2D eigenvalue weighted by Crippen LogP contribution is -2.23. The second-order valence-electron chi connectivity index (χ2n) is 10.5. The van der Waals surface area contributed by atoms with E-state index in [9.17, 15) is 9.59 Å². The number of ether oxygens (including phenoxy) is 2. The molecule has 2 aliphatic carbocycles. The Hall–Kier alpha value is -3.61. The molecule has 0 atom stereocenters. The maximum atomic E-state index is 12.5. The number of anilines is 1. The number of carbonyl (C=O) groups is 2. The molecule has 2 aromatic carbocycles. The predicted octanol–water partition coefficient (Wildman–Crippen LogP) is 7.43. The molecule has 3 aromatic rings. The summed E-state index contributed by atoms with van der Waals surface area (Å²) in [4.78, 5) is 24.9. The minimum absolute atomic E-state index is 0.128. The summed E-state index contributed by atoms with van der Waals surface area (Å²) in [5, 5.41) is 6.89. The van der Waals surface area contributed by atoms with Crippen LogP contribution in [0, 0.1) is 12.8 Å². The minimum atomic E-state index is -0.485. The summed E-state index contributed by atoms with van der Waals surface area (Å²) in [5.41, 5.74) is 4.56. The Labute approximate surface area is 223 Å². The number of nitrogens with zero attached hydrogens (tertiary/aromatic N) is 1. The molecule has 1 heterocycles. The average molecular weight is 517 g/mol. The fourth-order valence-corrected chi connectivity index (χ4v) is 5.45. The third-order valence-corrected chi connectivity index (χ3v) is 7.91. The van der Waals surface area contributed by atoms with Gasteiger partial charge in [-0.25, -0.2) is 4.79 Å². The Kier molecular flexibility index (Phi) is 7.82. The number of nitrogens with one attached hydrogen (secondary N) is 1. The van der Waals surface area contributed by atoms with Crippen molar-refractivity contribution in [2.75, 3.05) is 18.5 Å². The van der Waals surface area contributed by atoms with Crippen LogP contribution in [-0.2, 0) is 19.7 Å². The SMILES string of the molecule is CCOC(=O)C1(c2ccc(-c3ccc(-c4onc(C)c4NC(=O)OCCC4CCCCC4)cc3)cc2)CC1. The topological polar surface area (TPSA) is 90.7 Å². The number of hydrogen-bond donors (Lipinski definition) is 1. The molecule has 200 valence electrons. The molecule has 0 unspecified atom stereocenters. The van der Waals surface area contributed by atoms with E-state index in [0.29, 0.717) is 36.3 Å². The number of esters is 1. The van der Waals surface area contributed by atoms with Crippen LogP contribution in [0.4, 0.5) is 10.5 Å². The summed E-state index contributed by atoms with van der Waals surface area (Å²) in [6.45, 7) is 4.45. The normalized spacial score (nSPS) is 16.6. The molecule has 7 heteroatoms. The molecule has 0 aliphatic heterocycles. The van der Waals surface area contributed by atoms with Crippen molar-refractivity contribution in [2.24, 2.45) is 5.92 Å². The second-order valence-corrected chi connectivity index (χ2v) is 10.5. The van der Waals surface area contributed by atoms with Crippen molar-refractivity contribution >= 4 is 17.7 Å². The van der Waals surface area contributed by atoms with Gasteiger partial charge in [0.1, 0.15) is 11.4 Å². The van der Waals surface area contributed by atoms with E-state index in [4.69, 9.17) is 14.0 Å². The number of carbonyl (C=O) groups excluding carboxylic acids is 2. The summed E-state index contributed by atoms with van der Waals surface area (Å²) in [6, 6.07) is 16.0. The number of hydrogen-bond acceptors (Lipinski definition) is 6. The van der Waals surface area contributed by atoms with Crippen LogP contribution >= 0.6 is 0 Å². The first-order chi connectivity index (χ1) is 18.5. The van der Waals surface area contributed by atoms with Crippen molar-refractivity contribution in [1.29, 1.82) is 0 Å². The Morgan fingerprint density at radius 3 is 2.21 bits per heavy atom. The number of rotatable bonds is 9. The molecule has 0 spiro atoms. The highest BCUT2D eigenvalue weighted by molar-refractivity contribution is 5.91. The van der Waals surface area contributed by atoms with Crippen molar-refractivity contribution in [1.82, 2.24) is 5.16 Å². The molecule has 1 amide bonds. The number of aryl methyl sites for hydroxylation is 1. The summed E-state index contributed by atoms with van der Waals surface area (Å²) >= 11 is 0. The van der Waals surface area contributed by atoms with E-state index in [0.717, 1.165) is 41.5 Å². The maximum absolute atomic E-state index is 12.5. The summed E-state index contributed by atoms with van der Waals surface area (Å²) < 4.78 is 16.3. The van der Waals surface area contributed by atoms with Crippen LogP contribution in [0.5, 0.6) is 0 Å². The van der Waals surface area contributed by atoms with Crippen LogP contribution in [0.3, 0.4) is 0 Å². The lowest BCUT2D eigenvalue weighted by atomic mass is 9.87. The van der Waals surface area contributed by atoms with E-state index < -0.39 is 11.5 Å². The summed E-state index contributed by atoms with van der Waals surface area (Å²) in [7, 11) is 0. The Bertz CT molecular complexity index is 1250. The molecule has 1 aromatic heterocycles. The van der Waals surface area contributed by atoms with Crippen molar-refractivity contribution in [3.63, 3.8) is 0 Å². The van der Waals surface area contributed by atoms with Gasteiger partial charge in [0, 0.05) is 5.56 Å². The van der Waals surface area contributed by atoms with E-state index in [2.05, 4.69) is 10.5 Å². The van der Waals surface area contributed by atoms with Crippen LogP contribution < -0.4 is 5.32 Å². The molecular weight excluding hydrogens is 480 g/mol. The van der Waals surface area contributed by atoms with Crippen LogP contribution in [0.15, 0.2) is 53.1 Å². The summed E-state index contributed by atoms with van der Waals surface area (Å²) in [5.74, 6) is 1.03. The molecule has 0 radical (unpaired) electrons. The smallest absolute Gasteiger partial charge is 0.411 e. The highest BCUT2D eigenvalue weighted by Gasteiger charge is 2.52. The van der Waals surface area contributed by atoms with Crippen LogP contribution in [0.25, 0.3) is 22.5 Å². The van der Waals surface area contributed by atoms with Crippen LogP contribution in [0.2, 0.25) is 0 Å². The van der Waals surface area contributed by atoms with Gasteiger partial charge in [-0.3, -0.25) is 10.1 Å². The third-order valence-electron chi connectivity index (χ3n) is 7.91. The molecule has 7 nitrogen and oxygen atoms in total. The van der Waals surface area contributed by atoms with Gasteiger partial charge in [-0.2, -0.15) is 0 Å². The van der Waals surface area contributed by atoms with Crippen LogP contribution in [0.1, 0.15) is 69.5 Å². The zero-order valence-electron chi connectivity index (χ0n) is 22.3. The van der Waals surface area contributed by atoms with Gasteiger partial charge in [-0.15, -0.1) is 0 Å². The lowest BCUT2D eigenvalue weighted by molar-refractivity contribution is -0.146. The van der Waals surface area contributed by atoms with E-state index in [-0.39, 0.29) is 5.97 Å². The molecule has 38 heavy (non-hydrogen) atoms. The highest BCUT2D eigenvalue weighted by Crippen LogP contribution is 2.49. The first-order valence-corrected chi connectivity index (χ1v) is 13.8. The average Bonchev–Trinajstić information content (AvgIpc) is 3.69. The largest absolute Gasteiger partial charge is 0.465 e. The van der Waals surface area contributed by atoms with Gasteiger partial charge in [0.2, 0.25) is 0 Å². The lowest BCUT2D eigenvalue weighted by Gasteiger charge is -2.21. The quantitative estimate of drug-likeness (QED) is 0.297. The molecule has 2 fully saturated rings. The molecule has 5 rings (SSSR count). The van der Waals surface area contributed by atoms with E-state index in [1.54, 1.807) is 6.92 Å². The molecular formula is C31H36N2O5. The van der Waals surface area contributed by atoms with Crippen molar-refractivity contribution < 1.29 is 23.6 Å². The van der Waals surface area contributed by atoms with Crippen molar-refractivity contribution in [3.8, 4) is 22.5 Å². The Balaban J connectivity index is 1.22. The van der Waals surface area contributed by atoms with Gasteiger partial charge in [0.15, 0.2) is 5.76 Å². The zero-order chi connectivity index (χ0) is 26.5. The van der Waals surface area contributed by atoms with Gasteiger partial charge in [-0.05, 0) is 55.7 Å². The molecule has 0 bridgehead atoms. The Morgan fingerprint density at radius 2 is 1.58 bits per heavy atom. The molecule has 1 N–H and O–H groups in total. The fraction of sp³-hybridized carbons (Fsp3) is 0.452. The van der Waals surface area contributed by atoms with Crippen molar-refractivity contribution in [3.05, 3.63) is 59.8 Å². The first kappa shape index (κ1) is 26.0. The number of aromatic nitrogens is 1. The fourth-order valence-electron chi connectivity index (χ4n) is 5.45. The van der Waals surface area contributed by atoms with Gasteiger partial charge in [0.25, 0.3) is 0 Å². The van der Waals surface area contributed by atoms with Gasteiger partial charge in [-0.1, -0.05) is 85.8 Å². The third kappa shape index (κ3) is 5.62. The van der Waals surface area contributed by atoms with E-state index in [1.165, 1.54) is 32.1 Å². The molecule has 2 aliphatic rings. The number of amides is 1. The monoisotopic (exact) mass is 516 g/mol. The second kappa shape index (κ2) is 11.4. The predicted molar refractivity (Wildman–Crippen MR) is 146 cm³/mol. The van der Waals surface area contributed by atoms with Crippen molar-refractivity contribution in [2.45, 2.75) is 70.6 Å². The van der Waals surface area contributed by atoms with Crippen LogP contribution in [-0.4, -0.2) is 30.4 Å². The van der Waals surface area contributed by atoms with E-state index in [1.807, 2.05) is 55.5 Å².